The van der Waals surface area contributed by atoms with Gasteiger partial charge in [0.2, 0.25) is 0 Å². The molecule has 214 valence electrons. The number of ether oxygens (including phenoxy) is 1. The molecular weight excluding hydrogens is 549 g/mol. The molecule has 2 heterocycles. The monoisotopic (exact) mass is 578 g/mol. The van der Waals surface area contributed by atoms with Crippen LogP contribution in [0.25, 0.3) is 0 Å². The third-order valence-corrected chi connectivity index (χ3v) is 7.20. The van der Waals surface area contributed by atoms with Gasteiger partial charge in [-0.3, -0.25) is 14.6 Å². The number of nitrogens with one attached hydrogen (secondary N) is 1. The summed E-state index contributed by atoms with van der Waals surface area (Å²) in [7, 11) is 0. The van der Waals surface area contributed by atoms with Gasteiger partial charge in [-0.25, -0.2) is 9.59 Å². The number of benzene rings is 2. The second-order valence-corrected chi connectivity index (χ2v) is 9.84. The number of likely N-dealkylation sites (N-methyl/N-ethyl adjacent to an activating group) is 1. The summed E-state index contributed by atoms with van der Waals surface area (Å²) < 4.78 is 44.8. The van der Waals surface area contributed by atoms with E-state index in [9.17, 15) is 27.6 Å². The van der Waals surface area contributed by atoms with Crippen molar-refractivity contribution in [2.75, 3.05) is 45.9 Å². The van der Waals surface area contributed by atoms with Crippen molar-refractivity contribution in [2.24, 2.45) is 0 Å². The van der Waals surface area contributed by atoms with E-state index in [0.717, 1.165) is 12.1 Å². The lowest BCUT2D eigenvalue weighted by Gasteiger charge is -2.40. The van der Waals surface area contributed by atoms with Crippen molar-refractivity contribution in [1.82, 2.24) is 20.0 Å². The number of urea groups is 1. The van der Waals surface area contributed by atoms with Gasteiger partial charge in [-0.1, -0.05) is 23.7 Å². The van der Waals surface area contributed by atoms with E-state index in [1.165, 1.54) is 17.0 Å². The van der Waals surface area contributed by atoms with Gasteiger partial charge < -0.3 is 15.0 Å². The number of carbonyl (C=O) groups is 3. The van der Waals surface area contributed by atoms with Gasteiger partial charge in [0, 0.05) is 55.6 Å². The quantitative estimate of drug-likeness (QED) is 0.481. The van der Waals surface area contributed by atoms with Gasteiger partial charge in [0.25, 0.3) is 5.91 Å². The molecule has 2 aromatic carbocycles. The predicted octanol–water partition coefficient (Wildman–Crippen LogP) is 4.72. The molecule has 40 heavy (non-hydrogen) atoms. The van der Waals surface area contributed by atoms with Crippen LogP contribution >= 0.6 is 11.6 Å². The van der Waals surface area contributed by atoms with Gasteiger partial charge in [0.15, 0.2) is 0 Å². The number of alkyl halides is 3. The third-order valence-electron chi connectivity index (χ3n) is 6.95. The molecule has 12 heteroatoms. The van der Waals surface area contributed by atoms with Crippen LogP contribution in [0.4, 0.5) is 18.0 Å². The number of carbonyl (C=O) groups excluding carboxylic acids is 3. The first-order valence-electron chi connectivity index (χ1n) is 13.0. The number of rotatable bonds is 7. The van der Waals surface area contributed by atoms with Gasteiger partial charge in [-0.15, -0.1) is 0 Å². The fourth-order valence-electron chi connectivity index (χ4n) is 4.87. The Bertz CT molecular complexity index is 1270. The van der Waals surface area contributed by atoms with E-state index >= 15 is 0 Å². The smallest absolute Gasteiger partial charge is 0.416 e. The molecule has 2 aromatic rings. The first-order chi connectivity index (χ1) is 19.0. The summed E-state index contributed by atoms with van der Waals surface area (Å²) in [6.45, 7) is 5.83. The van der Waals surface area contributed by atoms with Crippen LogP contribution in [0.1, 0.15) is 41.4 Å². The van der Waals surface area contributed by atoms with Crippen LogP contribution in [0.15, 0.2) is 59.8 Å². The van der Waals surface area contributed by atoms with Crippen LogP contribution < -0.4 is 5.32 Å². The van der Waals surface area contributed by atoms with Crippen molar-refractivity contribution < 1.29 is 32.3 Å². The molecule has 4 rings (SSSR count). The summed E-state index contributed by atoms with van der Waals surface area (Å²) in [5.74, 6) is -0.769. The average Bonchev–Trinajstić information content (AvgIpc) is 2.93. The van der Waals surface area contributed by atoms with E-state index < -0.39 is 29.8 Å². The van der Waals surface area contributed by atoms with Gasteiger partial charge in [-0.05, 0) is 55.8 Å². The van der Waals surface area contributed by atoms with E-state index in [1.54, 1.807) is 43.0 Å². The number of hydrogen-bond acceptors (Lipinski definition) is 5. The minimum absolute atomic E-state index is 0.0842. The fraction of sp³-hybridized carbons (Fsp3) is 0.393. The highest BCUT2D eigenvalue weighted by atomic mass is 35.5. The third kappa shape index (κ3) is 6.42. The maximum Gasteiger partial charge on any atom is 0.416 e. The topological polar surface area (TPSA) is 82.2 Å². The van der Waals surface area contributed by atoms with Crippen LogP contribution in [-0.4, -0.2) is 78.5 Å². The molecule has 0 bridgehead atoms. The summed E-state index contributed by atoms with van der Waals surface area (Å²) in [5.41, 5.74) is 0.623. The van der Waals surface area contributed by atoms with Gasteiger partial charge in [-0.2, -0.15) is 13.2 Å². The zero-order valence-electron chi connectivity index (χ0n) is 22.1. The number of esters is 1. The van der Waals surface area contributed by atoms with Crippen LogP contribution in [0, 0.1) is 0 Å². The van der Waals surface area contributed by atoms with Crippen molar-refractivity contribution in [3.63, 3.8) is 0 Å². The van der Waals surface area contributed by atoms with E-state index in [4.69, 9.17) is 16.3 Å². The summed E-state index contributed by atoms with van der Waals surface area (Å²) in [5, 5.41) is 3.30. The van der Waals surface area contributed by atoms with Crippen molar-refractivity contribution in [1.29, 1.82) is 0 Å². The van der Waals surface area contributed by atoms with E-state index in [1.807, 2.05) is 4.90 Å². The van der Waals surface area contributed by atoms with Gasteiger partial charge >= 0.3 is 18.2 Å². The molecule has 0 saturated carbocycles. The predicted molar refractivity (Wildman–Crippen MR) is 143 cm³/mol. The Kier molecular flexibility index (Phi) is 9.05. The number of hydrogen-bond donors (Lipinski definition) is 1. The lowest BCUT2D eigenvalue weighted by Crippen LogP contribution is -2.53. The van der Waals surface area contributed by atoms with Gasteiger partial charge in [0.05, 0.1) is 23.8 Å². The first-order valence-corrected chi connectivity index (χ1v) is 13.3. The normalized spacial score (nSPS) is 18.6. The highest BCUT2D eigenvalue weighted by molar-refractivity contribution is 6.30. The molecular formula is C28H30ClF3N4O4. The minimum Gasteiger partial charge on any atom is -0.463 e. The molecule has 0 spiro atoms. The molecule has 2 aliphatic heterocycles. The molecule has 1 saturated heterocycles. The van der Waals surface area contributed by atoms with Crippen LogP contribution in [-0.2, 0) is 15.7 Å². The highest BCUT2D eigenvalue weighted by Gasteiger charge is 2.39. The van der Waals surface area contributed by atoms with E-state index in [-0.39, 0.29) is 31.2 Å². The van der Waals surface area contributed by atoms with Crippen molar-refractivity contribution in [3.8, 4) is 0 Å². The Morgan fingerprint density at radius 3 is 2.17 bits per heavy atom. The Labute approximate surface area is 235 Å². The molecule has 1 N–H and O–H groups in total. The Balaban J connectivity index is 1.60. The molecule has 1 fully saturated rings. The second kappa shape index (κ2) is 12.3. The standard InChI is InChI=1S/C28H30ClF3N4O4/c1-3-36-22(17-34-13-15-35(16-14-34)25(37)19-7-11-21(29)12-8-19)23(26(38)40-4-2)24(33-27(36)39)18-5-9-20(10-6-18)28(30,31)32/h5-12,24H,3-4,13-17H2,1-2H3,(H,33,39)/t24-/m0/s1. The fourth-order valence-corrected chi connectivity index (χ4v) is 4.99. The van der Waals surface area contributed by atoms with Crippen molar-refractivity contribution >= 4 is 29.5 Å². The van der Waals surface area contributed by atoms with Crippen molar-refractivity contribution in [2.45, 2.75) is 26.1 Å². The van der Waals surface area contributed by atoms with Crippen LogP contribution in [0.2, 0.25) is 5.02 Å². The maximum absolute atomic E-state index is 13.2. The summed E-state index contributed by atoms with van der Waals surface area (Å²) in [6.07, 6.45) is -4.52. The lowest BCUT2D eigenvalue weighted by atomic mass is 9.93. The van der Waals surface area contributed by atoms with Crippen molar-refractivity contribution in [3.05, 3.63) is 81.5 Å². The molecule has 1 atom stereocenters. The van der Waals surface area contributed by atoms with Crippen LogP contribution in [0.3, 0.4) is 0 Å². The number of amides is 3. The zero-order valence-corrected chi connectivity index (χ0v) is 22.9. The minimum atomic E-state index is -4.52. The number of halogens is 4. The summed E-state index contributed by atoms with van der Waals surface area (Å²) in [6, 6.07) is 9.58. The first kappa shape index (κ1) is 29.4. The second-order valence-electron chi connectivity index (χ2n) is 9.40. The zero-order chi connectivity index (χ0) is 29.0. The molecule has 0 radical (unpaired) electrons. The highest BCUT2D eigenvalue weighted by Crippen LogP contribution is 2.35. The summed E-state index contributed by atoms with van der Waals surface area (Å²) >= 11 is 5.93. The van der Waals surface area contributed by atoms with E-state index in [2.05, 4.69) is 5.32 Å². The largest absolute Gasteiger partial charge is 0.463 e. The molecule has 0 unspecified atom stereocenters. The van der Waals surface area contributed by atoms with Crippen LogP contribution in [0.5, 0.6) is 0 Å². The SMILES string of the molecule is CCOC(=O)C1=C(CN2CCN(C(=O)c3ccc(Cl)cc3)CC2)N(CC)C(=O)N[C@H]1c1ccc(C(F)(F)F)cc1. The summed E-state index contributed by atoms with van der Waals surface area (Å²) in [4.78, 5) is 44.5. The number of nitrogens with zero attached hydrogens (tertiary/aromatic N) is 3. The van der Waals surface area contributed by atoms with E-state index in [0.29, 0.717) is 48.0 Å². The number of piperazine rings is 1. The Morgan fingerprint density at radius 1 is 1.00 bits per heavy atom. The molecule has 0 aliphatic carbocycles. The Hall–Kier alpha value is -3.57. The average molecular weight is 579 g/mol. The molecule has 2 aliphatic rings. The lowest BCUT2D eigenvalue weighted by molar-refractivity contribution is -0.139. The molecule has 3 amide bonds. The molecule has 0 aromatic heterocycles. The Morgan fingerprint density at radius 2 is 1.62 bits per heavy atom. The van der Waals surface area contributed by atoms with Gasteiger partial charge in [0.1, 0.15) is 0 Å². The molecule has 8 nitrogen and oxygen atoms in total. The maximum atomic E-state index is 13.2.